The first-order valence-electron chi connectivity index (χ1n) is 8.62. The zero-order valence-electron chi connectivity index (χ0n) is 14.9. The summed E-state index contributed by atoms with van der Waals surface area (Å²) in [6, 6.07) is 5.75. The van der Waals surface area contributed by atoms with E-state index in [4.69, 9.17) is 21.7 Å². The lowest BCUT2D eigenvalue weighted by Gasteiger charge is -2.44. The van der Waals surface area contributed by atoms with Gasteiger partial charge in [0, 0.05) is 36.3 Å². The molecule has 0 spiro atoms. The molecule has 0 aliphatic carbocycles. The van der Waals surface area contributed by atoms with E-state index in [0.717, 1.165) is 11.5 Å². The van der Waals surface area contributed by atoms with Gasteiger partial charge in [0.15, 0.2) is 16.6 Å². The molecule has 1 fully saturated rings. The van der Waals surface area contributed by atoms with E-state index in [1.165, 1.54) is 0 Å². The van der Waals surface area contributed by atoms with Crippen molar-refractivity contribution < 1.29 is 14.3 Å². The third-order valence-electron chi connectivity index (χ3n) is 4.45. The van der Waals surface area contributed by atoms with Gasteiger partial charge in [-0.25, -0.2) is 0 Å². The van der Waals surface area contributed by atoms with Crippen LogP contribution in [0.5, 0.6) is 11.5 Å². The Kier molecular flexibility index (Phi) is 5.03. The molecule has 7 heteroatoms. The van der Waals surface area contributed by atoms with E-state index in [2.05, 4.69) is 36.3 Å². The predicted octanol–water partition coefficient (Wildman–Crippen LogP) is 2.53. The molecule has 0 bridgehead atoms. The molecule has 1 aromatic carbocycles. The van der Waals surface area contributed by atoms with Crippen molar-refractivity contribution in [2.75, 3.05) is 25.1 Å². The molecule has 2 aliphatic heterocycles. The number of benzene rings is 1. The Morgan fingerprint density at radius 2 is 2.08 bits per heavy atom. The first kappa shape index (κ1) is 17.8. The van der Waals surface area contributed by atoms with Crippen molar-refractivity contribution in [3.05, 3.63) is 18.2 Å². The maximum atomic E-state index is 12.3. The van der Waals surface area contributed by atoms with Gasteiger partial charge in [0.25, 0.3) is 0 Å². The van der Waals surface area contributed by atoms with Crippen molar-refractivity contribution in [3.63, 3.8) is 0 Å². The van der Waals surface area contributed by atoms with E-state index in [1.54, 1.807) is 6.07 Å². The van der Waals surface area contributed by atoms with Crippen molar-refractivity contribution in [3.8, 4) is 11.5 Å². The molecule has 0 unspecified atom stereocenters. The molecule has 136 valence electrons. The van der Waals surface area contributed by atoms with E-state index in [9.17, 15) is 4.79 Å². The first-order chi connectivity index (χ1) is 11.8. The lowest BCUT2D eigenvalue weighted by Crippen LogP contribution is -2.60. The fraction of sp³-hybridized carbons (Fsp3) is 0.556. The molecule has 6 nitrogen and oxygen atoms in total. The van der Waals surface area contributed by atoms with Crippen molar-refractivity contribution in [2.24, 2.45) is 0 Å². The third kappa shape index (κ3) is 4.34. The quantitative estimate of drug-likeness (QED) is 0.802. The minimum absolute atomic E-state index is 0.000457. The number of nitrogens with one attached hydrogen (secondary N) is 2. The minimum atomic E-state index is -0.0449. The number of carbonyl (C=O) groups excluding carboxylic acids is 1. The molecule has 2 heterocycles. The van der Waals surface area contributed by atoms with Gasteiger partial charge in [-0.1, -0.05) is 0 Å². The highest BCUT2D eigenvalue weighted by atomic mass is 32.1. The SMILES string of the molecule is C[C@H]1CC(C)(C)NC(=S)N1CCC(=O)Nc1ccc2c(c1)OCCO2. The van der Waals surface area contributed by atoms with Crippen LogP contribution in [0.3, 0.4) is 0 Å². The zero-order valence-corrected chi connectivity index (χ0v) is 15.7. The van der Waals surface area contributed by atoms with E-state index < -0.39 is 0 Å². The second kappa shape index (κ2) is 7.07. The fourth-order valence-corrected chi connectivity index (χ4v) is 3.90. The van der Waals surface area contributed by atoms with Crippen LogP contribution in [-0.2, 0) is 4.79 Å². The molecule has 25 heavy (non-hydrogen) atoms. The Hall–Kier alpha value is -2.02. The number of nitrogens with zero attached hydrogens (tertiary/aromatic N) is 1. The number of ether oxygens (including phenoxy) is 2. The number of fused-ring (bicyclic) bond motifs is 1. The van der Waals surface area contributed by atoms with Gasteiger partial charge in [-0.3, -0.25) is 4.79 Å². The van der Waals surface area contributed by atoms with Gasteiger partial charge in [-0.2, -0.15) is 0 Å². The zero-order chi connectivity index (χ0) is 18.0. The normalized spacial score (nSPS) is 21.5. The highest BCUT2D eigenvalue weighted by Crippen LogP contribution is 2.32. The van der Waals surface area contributed by atoms with E-state index in [0.29, 0.717) is 49.4 Å². The third-order valence-corrected chi connectivity index (χ3v) is 4.79. The van der Waals surface area contributed by atoms with Gasteiger partial charge in [0.05, 0.1) is 0 Å². The van der Waals surface area contributed by atoms with Crippen LogP contribution in [-0.4, -0.2) is 47.3 Å². The number of anilines is 1. The Labute approximate surface area is 153 Å². The molecular weight excluding hydrogens is 338 g/mol. The molecule has 3 rings (SSSR count). The summed E-state index contributed by atoms with van der Waals surface area (Å²) < 4.78 is 11.0. The molecule has 0 saturated carbocycles. The Morgan fingerprint density at radius 1 is 1.36 bits per heavy atom. The molecule has 1 amide bonds. The first-order valence-corrected chi connectivity index (χ1v) is 9.03. The van der Waals surface area contributed by atoms with Crippen LogP contribution in [0.4, 0.5) is 5.69 Å². The molecule has 0 radical (unpaired) electrons. The maximum absolute atomic E-state index is 12.3. The second-order valence-electron chi connectivity index (χ2n) is 7.22. The average Bonchev–Trinajstić information content (AvgIpc) is 2.52. The van der Waals surface area contributed by atoms with Crippen LogP contribution in [0.25, 0.3) is 0 Å². The highest BCUT2D eigenvalue weighted by molar-refractivity contribution is 7.80. The highest BCUT2D eigenvalue weighted by Gasteiger charge is 2.33. The number of hydrogen-bond acceptors (Lipinski definition) is 4. The summed E-state index contributed by atoms with van der Waals surface area (Å²) >= 11 is 5.45. The van der Waals surface area contributed by atoms with Crippen molar-refractivity contribution in [1.82, 2.24) is 10.2 Å². The summed E-state index contributed by atoms with van der Waals surface area (Å²) in [6.07, 6.45) is 1.36. The summed E-state index contributed by atoms with van der Waals surface area (Å²) in [6.45, 7) is 8.10. The summed E-state index contributed by atoms with van der Waals surface area (Å²) in [5, 5.41) is 6.97. The van der Waals surface area contributed by atoms with Crippen LogP contribution in [0.15, 0.2) is 18.2 Å². The van der Waals surface area contributed by atoms with E-state index >= 15 is 0 Å². The molecule has 0 aromatic heterocycles. The minimum Gasteiger partial charge on any atom is -0.486 e. The molecule has 1 saturated heterocycles. The fourth-order valence-electron chi connectivity index (χ4n) is 3.35. The van der Waals surface area contributed by atoms with Gasteiger partial charge in [-0.05, 0) is 51.5 Å². The summed E-state index contributed by atoms with van der Waals surface area (Å²) in [5.41, 5.74) is 0.711. The van der Waals surface area contributed by atoms with Crippen molar-refractivity contribution in [2.45, 2.75) is 45.2 Å². The molecule has 2 aliphatic rings. The van der Waals surface area contributed by atoms with Crippen LogP contribution < -0.4 is 20.1 Å². The molecule has 1 atom stereocenters. The number of amides is 1. The van der Waals surface area contributed by atoms with Gasteiger partial charge >= 0.3 is 0 Å². The lowest BCUT2D eigenvalue weighted by atomic mass is 9.93. The van der Waals surface area contributed by atoms with Gasteiger partial charge in [0.1, 0.15) is 13.2 Å². The Bertz CT molecular complexity index is 678. The summed E-state index contributed by atoms with van der Waals surface area (Å²) in [4.78, 5) is 14.4. The van der Waals surface area contributed by atoms with Crippen molar-refractivity contribution >= 4 is 28.9 Å². The summed E-state index contributed by atoms with van der Waals surface area (Å²) in [7, 11) is 0. The summed E-state index contributed by atoms with van der Waals surface area (Å²) in [5.74, 6) is 1.34. The van der Waals surface area contributed by atoms with E-state index in [-0.39, 0.29) is 11.4 Å². The average molecular weight is 363 g/mol. The smallest absolute Gasteiger partial charge is 0.226 e. The largest absolute Gasteiger partial charge is 0.486 e. The maximum Gasteiger partial charge on any atom is 0.226 e. The number of carbonyl (C=O) groups is 1. The number of hydrogen-bond donors (Lipinski definition) is 2. The topological polar surface area (TPSA) is 62.8 Å². The molecular formula is C18H25N3O3S. The predicted molar refractivity (Wildman–Crippen MR) is 101 cm³/mol. The number of thiocarbonyl (C=S) groups is 1. The van der Waals surface area contributed by atoms with Crippen LogP contribution >= 0.6 is 12.2 Å². The van der Waals surface area contributed by atoms with Crippen molar-refractivity contribution in [1.29, 1.82) is 0 Å². The van der Waals surface area contributed by atoms with Gasteiger partial charge in [-0.15, -0.1) is 0 Å². The Balaban J connectivity index is 1.54. The second-order valence-corrected chi connectivity index (χ2v) is 7.60. The standard InChI is InChI=1S/C18H25N3O3S/c1-12-11-18(2,3)20-17(25)21(12)7-6-16(22)19-13-4-5-14-15(10-13)24-9-8-23-14/h4-5,10,12H,6-9,11H2,1-3H3,(H,19,22)(H,20,25)/t12-/m0/s1. The van der Waals surface area contributed by atoms with Crippen LogP contribution in [0.1, 0.15) is 33.6 Å². The molecule has 1 aromatic rings. The monoisotopic (exact) mass is 363 g/mol. The lowest BCUT2D eigenvalue weighted by molar-refractivity contribution is -0.116. The van der Waals surface area contributed by atoms with Gasteiger partial charge < -0.3 is 25.0 Å². The van der Waals surface area contributed by atoms with Crippen LogP contribution in [0.2, 0.25) is 0 Å². The van der Waals surface area contributed by atoms with E-state index in [1.807, 2.05) is 12.1 Å². The van der Waals surface area contributed by atoms with Gasteiger partial charge in [0.2, 0.25) is 5.91 Å². The van der Waals surface area contributed by atoms with Crippen LogP contribution in [0, 0.1) is 0 Å². The number of rotatable bonds is 4. The Morgan fingerprint density at radius 3 is 2.80 bits per heavy atom. The molecule has 2 N–H and O–H groups in total.